The summed E-state index contributed by atoms with van der Waals surface area (Å²) in [7, 11) is 0. The fourth-order valence-corrected chi connectivity index (χ4v) is 2.33. The van der Waals surface area contributed by atoms with Crippen molar-refractivity contribution in [1.29, 1.82) is 0 Å². The minimum atomic E-state index is -0.490. The lowest BCUT2D eigenvalue weighted by Gasteiger charge is -2.13. The third kappa shape index (κ3) is 2.65. The molecule has 1 fully saturated rings. The van der Waals surface area contributed by atoms with Crippen molar-refractivity contribution in [3.63, 3.8) is 0 Å². The zero-order valence-electron chi connectivity index (χ0n) is 12.4. The number of ether oxygens (including phenoxy) is 1. The zero-order chi connectivity index (χ0) is 15.7. The summed E-state index contributed by atoms with van der Waals surface area (Å²) in [4.78, 5) is 24.9. The first-order valence-electron chi connectivity index (χ1n) is 7.03. The molecule has 0 unspecified atom stereocenters. The van der Waals surface area contributed by atoms with Crippen LogP contribution in [-0.2, 0) is 4.79 Å². The van der Waals surface area contributed by atoms with Gasteiger partial charge in [-0.3, -0.25) is 4.79 Å². The van der Waals surface area contributed by atoms with E-state index in [2.05, 4.69) is 5.32 Å². The van der Waals surface area contributed by atoms with Gasteiger partial charge in [0.05, 0.1) is 5.69 Å². The van der Waals surface area contributed by atoms with E-state index >= 15 is 0 Å². The smallest absolute Gasteiger partial charge is 0.329 e. The van der Waals surface area contributed by atoms with Crippen LogP contribution in [0.25, 0.3) is 0 Å². The van der Waals surface area contributed by atoms with Crippen molar-refractivity contribution in [3.8, 4) is 11.5 Å². The highest BCUT2D eigenvalue weighted by atomic mass is 16.5. The molecule has 0 aliphatic carbocycles. The highest BCUT2D eigenvalue weighted by molar-refractivity contribution is 6.21. The van der Waals surface area contributed by atoms with Gasteiger partial charge < -0.3 is 10.1 Å². The van der Waals surface area contributed by atoms with E-state index in [1.54, 1.807) is 31.2 Å². The molecular formula is C17H16N2O3. The molecule has 2 aromatic rings. The van der Waals surface area contributed by atoms with Crippen molar-refractivity contribution < 1.29 is 14.3 Å². The van der Waals surface area contributed by atoms with E-state index in [1.807, 2.05) is 31.2 Å². The second kappa shape index (κ2) is 5.52. The number of rotatable bonds is 3. The molecule has 2 aromatic carbocycles. The molecule has 1 saturated heterocycles. The van der Waals surface area contributed by atoms with Crippen LogP contribution in [0.3, 0.4) is 0 Å². The number of aryl methyl sites for hydroxylation is 1. The van der Waals surface area contributed by atoms with Gasteiger partial charge in [0.1, 0.15) is 17.5 Å². The summed E-state index contributed by atoms with van der Waals surface area (Å²) in [5.74, 6) is 1.14. The molecule has 1 aliphatic rings. The second-order valence-electron chi connectivity index (χ2n) is 5.26. The normalized spacial score (nSPS) is 17.5. The lowest BCUT2D eigenvalue weighted by atomic mass is 10.2. The van der Waals surface area contributed by atoms with Gasteiger partial charge in [-0.2, -0.15) is 0 Å². The minimum absolute atomic E-state index is 0.252. The molecule has 5 nitrogen and oxygen atoms in total. The third-order valence-electron chi connectivity index (χ3n) is 3.45. The van der Waals surface area contributed by atoms with Gasteiger partial charge in [0, 0.05) is 0 Å². The SMILES string of the molecule is Cc1cccc(Oc2ccc(N3C(=O)N[C@H](C)C3=O)cc2)c1. The fraction of sp³-hybridized carbons (Fsp3) is 0.176. The van der Waals surface area contributed by atoms with Crippen molar-refractivity contribution >= 4 is 17.6 Å². The van der Waals surface area contributed by atoms with Crippen molar-refractivity contribution in [2.24, 2.45) is 0 Å². The Kier molecular flexibility index (Phi) is 3.55. The molecule has 0 radical (unpaired) electrons. The fourth-order valence-electron chi connectivity index (χ4n) is 2.33. The number of carbonyl (C=O) groups is 2. The van der Waals surface area contributed by atoms with Gasteiger partial charge in [0.25, 0.3) is 5.91 Å². The van der Waals surface area contributed by atoms with Crippen molar-refractivity contribution in [2.75, 3.05) is 4.90 Å². The summed E-state index contributed by atoms with van der Waals surface area (Å²) in [5, 5.41) is 2.58. The molecule has 1 atom stereocenters. The van der Waals surface area contributed by atoms with Crippen LogP contribution in [0.1, 0.15) is 12.5 Å². The second-order valence-corrected chi connectivity index (χ2v) is 5.26. The number of hydrogen-bond donors (Lipinski definition) is 1. The van der Waals surface area contributed by atoms with E-state index in [-0.39, 0.29) is 5.91 Å². The molecule has 3 rings (SSSR count). The standard InChI is InChI=1S/C17H16N2O3/c1-11-4-3-5-15(10-11)22-14-8-6-13(7-9-14)19-16(20)12(2)18-17(19)21/h3-10,12H,1-2H3,(H,18,21)/t12-/m1/s1. The topological polar surface area (TPSA) is 58.6 Å². The number of nitrogens with zero attached hydrogens (tertiary/aromatic N) is 1. The maximum Gasteiger partial charge on any atom is 0.329 e. The van der Waals surface area contributed by atoms with Gasteiger partial charge in [0.15, 0.2) is 0 Å². The van der Waals surface area contributed by atoms with Crippen LogP contribution in [0.4, 0.5) is 10.5 Å². The average molecular weight is 296 g/mol. The lowest BCUT2D eigenvalue weighted by molar-refractivity contribution is -0.117. The molecule has 22 heavy (non-hydrogen) atoms. The molecule has 1 N–H and O–H groups in total. The maximum atomic E-state index is 11.9. The first-order chi connectivity index (χ1) is 10.5. The van der Waals surface area contributed by atoms with Gasteiger partial charge in [-0.1, -0.05) is 12.1 Å². The van der Waals surface area contributed by atoms with Crippen molar-refractivity contribution in [3.05, 3.63) is 54.1 Å². The largest absolute Gasteiger partial charge is 0.457 e. The maximum absolute atomic E-state index is 11.9. The predicted octanol–water partition coefficient (Wildman–Crippen LogP) is 3.23. The van der Waals surface area contributed by atoms with Gasteiger partial charge >= 0.3 is 6.03 Å². The first-order valence-corrected chi connectivity index (χ1v) is 7.03. The van der Waals surface area contributed by atoms with Gasteiger partial charge in [-0.15, -0.1) is 0 Å². The highest BCUT2D eigenvalue weighted by Crippen LogP contribution is 2.26. The predicted molar refractivity (Wildman–Crippen MR) is 83.2 cm³/mol. The van der Waals surface area contributed by atoms with Crippen LogP contribution in [0, 0.1) is 6.92 Å². The minimum Gasteiger partial charge on any atom is -0.457 e. The Morgan fingerprint density at radius 3 is 2.36 bits per heavy atom. The Morgan fingerprint density at radius 2 is 1.77 bits per heavy atom. The van der Waals surface area contributed by atoms with E-state index in [9.17, 15) is 9.59 Å². The van der Waals surface area contributed by atoms with E-state index in [0.717, 1.165) is 16.2 Å². The number of anilines is 1. The molecule has 1 aliphatic heterocycles. The van der Waals surface area contributed by atoms with Crippen molar-refractivity contribution in [2.45, 2.75) is 19.9 Å². The highest BCUT2D eigenvalue weighted by Gasteiger charge is 2.35. The Morgan fingerprint density at radius 1 is 1.05 bits per heavy atom. The summed E-state index contributed by atoms with van der Waals surface area (Å²) < 4.78 is 5.75. The quantitative estimate of drug-likeness (QED) is 0.885. The molecular weight excluding hydrogens is 280 g/mol. The first kappa shape index (κ1) is 14.1. The van der Waals surface area contributed by atoms with Crippen LogP contribution >= 0.6 is 0 Å². The van der Waals surface area contributed by atoms with Gasteiger partial charge in [-0.25, -0.2) is 9.69 Å². The van der Waals surface area contributed by atoms with Crippen LogP contribution in [0.5, 0.6) is 11.5 Å². The monoisotopic (exact) mass is 296 g/mol. The Balaban J connectivity index is 1.78. The summed E-state index contributed by atoms with van der Waals surface area (Å²) in [6, 6.07) is 13.7. The van der Waals surface area contributed by atoms with E-state index in [4.69, 9.17) is 4.74 Å². The number of imide groups is 1. The summed E-state index contributed by atoms with van der Waals surface area (Å²) >= 11 is 0. The summed E-state index contributed by atoms with van der Waals surface area (Å²) in [6.07, 6.45) is 0. The third-order valence-corrected chi connectivity index (χ3v) is 3.45. The van der Waals surface area contributed by atoms with Gasteiger partial charge in [0.2, 0.25) is 0 Å². The zero-order valence-corrected chi connectivity index (χ0v) is 12.4. The molecule has 0 aromatic heterocycles. The summed E-state index contributed by atoms with van der Waals surface area (Å²) in [6.45, 7) is 3.66. The Bertz CT molecular complexity index is 725. The van der Waals surface area contributed by atoms with E-state index in [0.29, 0.717) is 11.4 Å². The molecule has 1 heterocycles. The molecule has 0 bridgehead atoms. The number of amides is 3. The summed E-state index contributed by atoms with van der Waals surface area (Å²) in [5.41, 5.74) is 1.64. The number of benzene rings is 2. The number of nitrogens with one attached hydrogen (secondary N) is 1. The Labute approximate surface area is 128 Å². The average Bonchev–Trinajstić information content (AvgIpc) is 2.73. The number of carbonyl (C=O) groups excluding carboxylic acids is 2. The van der Waals surface area contributed by atoms with Crippen LogP contribution in [-0.4, -0.2) is 18.0 Å². The van der Waals surface area contributed by atoms with Crippen LogP contribution in [0.15, 0.2) is 48.5 Å². The Hall–Kier alpha value is -2.82. The number of hydrogen-bond acceptors (Lipinski definition) is 3. The number of urea groups is 1. The van der Waals surface area contributed by atoms with Crippen molar-refractivity contribution in [1.82, 2.24) is 5.32 Å². The molecule has 112 valence electrons. The lowest BCUT2D eigenvalue weighted by Crippen LogP contribution is -2.30. The molecule has 5 heteroatoms. The van der Waals surface area contributed by atoms with Crippen LogP contribution < -0.4 is 15.0 Å². The molecule has 0 spiro atoms. The van der Waals surface area contributed by atoms with Gasteiger partial charge in [-0.05, 0) is 55.8 Å². The van der Waals surface area contributed by atoms with E-state index in [1.165, 1.54) is 0 Å². The van der Waals surface area contributed by atoms with E-state index < -0.39 is 12.1 Å². The molecule has 0 saturated carbocycles. The van der Waals surface area contributed by atoms with Crippen LogP contribution in [0.2, 0.25) is 0 Å². The molecule has 3 amide bonds.